The van der Waals surface area contributed by atoms with Crippen LogP contribution < -0.4 is 5.32 Å². The average Bonchev–Trinajstić information content (AvgIpc) is 3.03. The van der Waals surface area contributed by atoms with Gasteiger partial charge in [0.25, 0.3) is 0 Å². The summed E-state index contributed by atoms with van der Waals surface area (Å²) < 4.78 is 3.60. The van der Waals surface area contributed by atoms with Gasteiger partial charge in [-0.2, -0.15) is 10.2 Å². The van der Waals surface area contributed by atoms with Gasteiger partial charge in [0.1, 0.15) is 11.0 Å². The van der Waals surface area contributed by atoms with Crippen LogP contribution >= 0.6 is 11.6 Å². The Labute approximate surface area is 160 Å². The standard InChI is InChI=1S/C19H28ClN5O/c1-7-8-11-24-18(20)15(14(3)23-24)9-10-17(26)21-16-12-13(2)22-25(16)19(4,5)6/h9-10,12H,7-8,11H2,1-6H3,(H,21,26)/b10-9+. The summed E-state index contributed by atoms with van der Waals surface area (Å²) in [5, 5.41) is 12.4. The number of aromatic nitrogens is 4. The Morgan fingerprint density at radius 3 is 2.62 bits per heavy atom. The number of hydrogen-bond donors (Lipinski definition) is 1. The first-order valence-electron chi connectivity index (χ1n) is 8.92. The average molecular weight is 378 g/mol. The third kappa shape index (κ3) is 4.75. The van der Waals surface area contributed by atoms with E-state index in [-0.39, 0.29) is 11.4 Å². The quantitative estimate of drug-likeness (QED) is 0.750. The van der Waals surface area contributed by atoms with Crippen LogP contribution in [0.15, 0.2) is 12.1 Å². The normalized spacial score (nSPS) is 12.1. The Balaban J connectivity index is 2.15. The van der Waals surface area contributed by atoms with Gasteiger partial charge in [-0.05, 0) is 47.1 Å². The van der Waals surface area contributed by atoms with Gasteiger partial charge in [0.05, 0.1) is 16.9 Å². The van der Waals surface area contributed by atoms with E-state index in [1.54, 1.807) is 10.8 Å². The number of carbonyl (C=O) groups is 1. The largest absolute Gasteiger partial charge is 0.307 e. The van der Waals surface area contributed by atoms with E-state index in [0.29, 0.717) is 11.0 Å². The Kier molecular flexibility index (Phi) is 6.29. The number of nitrogens with one attached hydrogen (secondary N) is 1. The van der Waals surface area contributed by atoms with Crippen molar-refractivity contribution in [1.82, 2.24) is 19.6 Å². The Morgan fingerprint density at radius 1 is 1.31 bits per heavy atom. The molecule has 0 spiro atoms. The molecule has 0 aliphatic heterocycles. The van der Waals surface area contributed by atoms with Crippen molar-refractivity contribution in [1.29, 1.82) is 0 Å². The van der Waals surface area contributed by atoms with Gasteiger partial charge in [0, 0.05) is 24.3 Å². The summed E-state index contributed by atoms with van der Waals surface area (Å²) in [7, 11) is 0. The van der Waals surface area contributed by atoms with Crippen molar-refractivity contribution < 1.29 is 4.79 Å². The lowest BCUT2D eigenvalue weighted by Crippen LogP contribution is -2.26. The smallest absolute Gasteiger partial charge is 0.249 e. The molecule has 2 heterocycles. The minimum atomic E-state index is -0.229. The van der Waals surface area contributed by atoms with E-state index in [1.165, 1.54) is 6.08 Å². The minimum absolute atomic E-state index is 0.221. The molecule has 26 heavy (non-hydrogen) atoms. The highest BCUT2D eigenvalue weighted by atomic mass is 35.5. The fourth-order valence-corrected chi connectivity index (χ4v) is 2.96. The summed E-state index contributed by atoms with van der Waals surface area (Å²) >= 11 is 6.40. The van der Waals surface area contributed by atoms with Gasteiger partial charge in [-0.3, -0.25) is 9.48 Å². The van der Waals surface area contributed by atoms with E-state index in [1.807, 2.05) is 45.4 Å². The van der Waals surface area contributed by atoms with Gasteiger partial charge >= 0.3 is 0 Å². The number of hydrogen-bond acceptors (Lipinski definition) is 3. The van der Waals surface area contributed by atoms with Gasteiger partial charge < -0.3 is 5.32 Å². The van der Waals surface area contributed by atoms with Gasteiger partial charge in [0.15, 0.2) is 0 Å². The molecule has 2 rings (SSSR count). The number of aryl methyl sites for hydroxylation is 3. The van der Waals surface area contributed by atoms with E-state index in [2.05, 4.69) is 22.4 Å². The van der Waals surface area contributed by atoms with Gasteiger partial charge in [-0.1, -0.05) is 24.9 Å². The zero-order chi connectivity index (χ0) is 19.5. The lowest BCUT2D eigenvalue weighted by molar-refractivity contribution is -0.111. The maximum atomic E-state index is 12.4. The second-order valence-electron chi connectivity index (χ2n) is 7.44. The summed E-state index contributed by atoms with van der Waals surface area (Å²) in [6, 6.07) is 1.86. The lowest BCUT2D eigenvalue weighted by atomic mass is 10.1. The zero-order valence-electron chi connectivity index (χ0n) is 16.4. The molecule has 2 aromatic rings. The van der Waals surface area contributed by atoms with Crippen molar-refractivity contribution in [3.8, 4) is 0 Å². The SMILES string of the molecule is CCCCn1nc(C)c(/C=C/C(=O)Nc2cc(C)nn2C(C)(C)C)c1Cl. The number of nitrogens with zero attached hydrogens (tertiary/aromatic N) is 4. The minimum Gasteiger partial charge on any atom is -0.307 e. The van der Waals surface area contributed by atoms with Gasteiger partial charge in [-0.15, -0.1) is 0 Å². The molecule has 0 aliphatic carbocycles. The first-order chi connectivity index (χ1) is 12.1. The molecule has 1 N–H and O–H groups in total. The molecule has 1 amide bonds. The molecular formula is C19H28ClN5O. The van der Waals surface area contributed by atoms with E-state index in [4.69, 9.17) is 11.6 Å². The van der Waals surface area contributed by atoms with Crippen LogP contribution in [0.5, 0.6) is 0 Å². The zero-order valence-corrected chi connectivity index (χ0v) is 17.2. The van der Waals surface area contributed by atoms with Crippen LogP contribution in [0.2, 0.25) is 5.15 Å². The molecule has 0 saturated heterocycles. The van der Waals surface area contributed by atoms with Crippen molar-refractivity contribution in [2.75, 3.05) is 5.32 Å². The van der Waals surface area contributed by atoms with Crippen LogP contribution in [0.3, 0.4) is 0 Å². The van der Waals surface area contributed by atoms with E-state index in [9.17, 15) is 4.79 Å². The molecule has 0 aromatic carbocycles. The maximum absolute atomic E-state index is 12.4. The van der Waals surface area contributed by atoms with Gasteiger partial charge in [0.2, 0.25) is 5.91 Å². The van der Waals surface area contributed by atoms with Crippen LogP contribution in [0.25, 0.3) is 6.08 Å². The summed E-state index contributed by atoms with van der Waals surface area (Å²) in [5.74, 6) is 0.443. The predicted molar refractivity (Wildman–Crippen MR) is 107 cm³/mol. The van der Waals surface area contributed by atoms with Crippen LogP contribution in [-0.4, -0.2) is 25.5 Å². The molecule has 0 bridgehead atoms. The highest BCUT2D eigenvalue weighted by Gasteiger charge is 2.19. The van der Waals surface area contributed by atoms with Crippen molar-refractivity contribution in [2.24, 2.45) is 0 Å². The van der Waals surface area contributed by atoms with E-state index < -0.39 is 0 Å². The highest BCUT2D eigenvalue weighted by molar-refractivity contribution is 6.31. The number of halogens is 1. The van der Waals surface area contributed by atoms with Crippen molar-refractivity contribution in [3.05, 3.63) is 34.2 Å². The summed E-state index contributed by atoms with van der Waals surface area (Å²) in [4.78, 5) is 12.4. The van der Waals surface area contributed by atoms with E-state index >= 15 is 0 Å². The third-order valence-corrected chi connectivity index (χ3v) is 4.35. The van der Waals surface area contributed by atoms with Crippen molar-refractivity contribution >= 4 is 29.4 Å². The molecule has 0 atom stereocenters. The topological polar surface area (TPSA) is 64.7 Å². The van der Waals surface area contributed by atoms with Crippen LogP contribution in [0, 0.1) is 13.8 Å². The fourth-order valence-electron chi connectivity index (χ4n) is 2.64. The first-order valence-corrected chi connectivity index (χ1v) is 9.30. The third-order valence-electron chi connectivity index (χ3n) is 3.95. The lowest BCUT2D eigenvalue weighted by Gasteiger charge is -2.22. The predicted octanol–water partition coefficient (Wildman–Crippen LogP) is 4.56. The summed E-state index contributed by atoms with van der Waals surface area (Å²) in [6.07, 6.45) is 5.28. The molecule has 0 fully saturated rings. The van der Waals surface area contributed by atoms with Crippen LogP contribution in [0.4, 0.5) is 5.82 Å². The Hall–Kier alpha value is -2.08. The van der Waals surface area contributed by atoms with Crippen molar-refractivity contribution in [2.45, 2.75) is 66.5 Å². The second kappa shape index (κ2) is 8.08. The maximum Gasteiger partial charge on any atom is 0.249 e. The first kappa shape index (κ1) is 20.2. The monoisotopic (exact) mass is 377 g/mol. The number of unbranched alkanes of at least 4 members (excludes halogenated alkanes) is 1. The summed E-state index contributed by atoms with van der Waals surface area (Å²) in [6.45, 7) is 12.8. The second-order valence-corrected chi connectivity index (χ2v) is 7.80. The number of rotatable bonds is 6. The molecule has 0 radical (unpaired) electrons. The summed E-state index contributed by atoms with van der Waals surface area (Å²) in [5.41, 5.74) is 2.22. The van der Waals surface area contributed by atoms with Crippen molar-refractivity contribution in [3.63, 3.8) is 0 Å². The highest BCUT2D eigenvalue weighted by Crippen LogP contribution is 2.23. The van der Waals surface area contributed by atoms with Crippen LogP contribution in [-0.2, 0) is 16.9 Å². The Morgan fingerprint density at radius 2 is 2.00 bits per heavy atom. The number of amides is 1. The number of carbonyl (C=O) groups excluding carboxylic acids is 1. The number of anilines is 1. The van der Waals surface area contributed by atoms with E-state index in [0.717, 1.165) is 36.3 Å². The fraction of sp³-hybridized carbons (Fsp3) is 0.526. The molecule has 6 nitrogen and oxygen atoms in total. The molecule has 0 aliphatic rings. The molecule has 142 valence electrons. The molecule has 7 heteroatoms. The molecule has 0 unspecified atom stereocenters. The molecule has 2 aromatic heterocycles. The van der Waals surface area contributed by atoms with Crippen LogP contribution in [0.1, 0.15) is 57.5 Å². The van der Waals surface area contributed by atoms with Gasteiger partial charge in [-0.25, -0.2) is 4.68 Å². The molecular weight excluding hydrogens is 350 g/mol. The Bertz CT molecular complexity index is 811. The molecule has 0 saturated carbocycles.